The van der Waals surface area contributed by atoms with Gasteiger partial charge in [0.25, 0.3) is 0 Å². The molecule has 1 fully saturated rings. The second-order valence-electron chi connectivity index (χ2n) is 4.27. The van der Waals surface area contributed by atoms with Crippen molar-refractivity contribution in [3.05, 3.63) is 17.5 Å². The number of rotatable bonds is 3. The summed E-state index contributed by atoms with van der Waals surface area (Å²) in [4.78, 5) is 11.0. The Hall–Kier alpha value is -1.20. The van der Waals surface area contributed by atoms with E-state index >= 15 is 0 Å². The number of anilines is 1. The molecule has 0 aromatic carbocycles. The van der Waals surface area contributed by atoms with Crippen LogP contribution in [0.3, 0.4) is 0 Å². The number of aliphatic hydroxyl groups is 1. The topological polar surface area (TPSA) is 58.5 Å². The summed E-state index contributed by atoms with van der Waals surface area (Å²) in [6.45, 7) is 6.32. The quantitative estimate of drug-likeness (QED) is 0.846. The maximum atomic E-state index is 9.10. The molecule has 1 aromatic heterocycles. The van der Waals surface area contributed by atoms with Crippen LogP contribution in [0.1, 0.15) is 24.6 Å². The minimum Gasteiger partial charge on any atom is -0.392 e. The summed E-state index contributed by atoms with van der Waals surface area (Å²) in [6.07, 6.45) is 2.73. The highest BCUT2D eigenvalue weighted by molar-refractivity contribution is 5.34. The van der Waals surface area contributed by atoms with Gasteiger partial charge < -0.3 is 14.7 Å². The van der Waals surface area contributed by atoms with Gasteiger partial charge in [0.05, 0.1) is 25.9 Å². The number of hydrogen-bond acceptors (Lipinski definition) is 5. The molecule has 0 saturated carbocycles. The van der Waals surface area contributed by atoms with Crippen molar-refractivity contribution in [1.29, 1.82) is 0 Å². The van der Waals surface area contributed by atoms with Gasteiger partial charge in [-0.15, -0.1) is 0 Å². The lowest BCUT2D eigenvalue weighted by molar-refractivity contribution is 0.0920. The Balaban J connectivity index is 2.23. The van der Waals surface area contributed by atoms with Crippen molar-refractivity contribution in [2.24, 2.45) is 0 Å². The molecule has 1 saturated heterocycles. The van der Waals surface area contributed by atoms with Crippen LogP contribution < -0.4 is 4.90 Å². The highest BCUT2D eigenvalue weighted by Gasteiger charge is 2.23. The number of aromatic nitrogens is 2. The molecule has 0 radical (unpaired) electrons. The van der Waals surface area contributed by atoms with Gasteiger partial charge in [0, 0.05) is 24.0 Å². The van der Waals surface area contributed by atoms with Crippen LogP contribution in [0.4, 0.5) is 5.95 Å². The van der Waals surface area contributed by atoms with Crippen molar-refractivity contribution in [2.45, 2.75) is 32.9 Å². The van der Waals surface area contributed by atoms with Crippen LogP contribution in [0.2, 0.25) is 0 Å². The second-order valence-corrected chi connectivity index (χ2v) is 4.27. The van der Waals surface area contributed by atoms with E-state index in [-0.39, 0.29) is 6.61 Å². The molecule has 1 N–H and O–H groups in total. The van der Waals surface area contributed by atoms with Crippen LogP contribution in [0, 0.1) is 6.92 Å². The Labute approximate surface area is 101 Å². The van der Waals surface area contributed by atoms with Crippen molar-refractivity contribution in [3.63, 3.8) is 0 Å². The smallest absolute Gasteiger partial charge is 0.225 e. The van der Waals surface area contributed by atoms with Crippen molar-refractivity contribution < 1.29 is 9.84 Å². The molecule has 1 unspecified atom stereocenters. The summed E-state index contributed by atoms with van der Waals surface area (Å²) in [5.74, 6) is 0.745. The van der Waals surface area contributed by atoms with Gasteiger partial charge in [0.2, 0.25) is 5.95 Å². The molecule has 17 heavy (non-hydrogen) atoms. The monoisotopic (exact) mass is 237 g/mol. The Morgan fingerprint density at radius 1 is 1.59 bits per heavy atom. The molecule has 0 spiro atoms. The fourth-order valence-electron chi connectivity index (χ4n) is 2.03. The standard InChI is InChI=1S/C12H19N3O2/c1-3-11-8-17-5-4-15(11)12-13-6-10(7-16)9(2)14-12/h6,11,16H,3-5,7-8H2,1-2H3. The maximum absolute atomic E-state index is 9.10. The first-order valence-corrected chi connectivity index (χ1v) is 6.04. The largest absolute Gasteiger partial charge is 0.392 e. The third kappa shape index (κ3) is 2.56. The van der Waals surface area contributed by atoms with Crippen molar-refractivity contribution in [2.75, 3.05) is 24.7 Å². The van der Waals surface area contributed by atoms with Crippen molar-refractivity contribution in [3.8, 4) is 0 Å². The lowest BCUT2D eigenvalue weighted by Crippen LogP contribution is -2.46. The van der Waals surface area contributed by atoms with Crippen molar-refractivity contribution in [1.82, 2.24) is 9.97 Å². The first kappa shape index (κ1) is 12.3. The first-order chi connectivity index (χ1) is 8.26. The fraction of sp³-hybridized carbons (Fsp3) is 0.667. The molecule has 1 aromatic rings. The molecule has 2 heterocycles. The molecule has 5 heteroatoms. The Kier molecular flexibility index (Phi) is 3.91. The zero-order chi connectivity index (χ0) is 12.3. The number of morpholine rings is 1. The Morgan fingerprint density at radius 3 is 3.06 bits per heavy atom. The molecule has 0 amide bonds. The summed E-state index contributed by atoms with van der Waals surface area (Å²) in [6, 6.07) is 0.350. The van der Waals surface area contributed by atoms with E-state index < -0.39 is 0 Å². The summed E-state index contributed by atoms with van der Waals surface area (Å²) >= 11 is 0. The lowest BCUT2D eigenvalue weighted by atomic mass is 10.2. The number of nitrogens with zero attached hydrogens (tertiary/aromatic N) is 3. The molecule has 94 valence electrons. The number of aliphatic hydroxyl groups excluding tert-OH is 1. The number of aryl methyl sites for hydroxylation is 1. The van der Waals surface area contributed by atoms with E-state index in [9.17, 15) is 0 Å². The molecular formula is C12H19N3O2. The maximum Gasteiger partial charge on any atom is 0.225 e. The van der Waals surface area contributed by atoms with E-state index in [0.717, 1.165) is 43.4 Å². The normalized spacial score (nSPS) is 20.6. The molecule has 2 rings (SSSR count). The van der Waals surface area contributed by atoms with E-state index in [1.165, 1.54) is 0 Å². The molecular weight excluding hydrogens is 218 g/mol. The van der Waals surface area contributed by atoms with Gasteiger partial charge >= 0.3 is 0 Å². The summed E-state index contributed by atoms with van der Waals surface area (Å²) < 4.78 is 5.46. The van der Waals surface area contributed by atoms with E-state index in [4.69, 9.17) is 9.84 Å². The van der Waals surface area contributed by atoms with E-state index in [0.29, 0.717) is 6.04 Å². The van der Waals surface area contributed by atoms with Gasteiger partial charge in [-0.2, -0.15) is 0 Å². The number of ether oxygens (including phenoxy) is 1. The predicted molar refractivity (Wildman–Crippen MR) is 64.9 cm³/mol. The van der Waals surface area contributed by atoms with Gasteiger partial charge in [0.15, 0.2) is 0 Å². The van der Waals surface area contributed by atoms with E-state index in [2.05, 4.69) is 21.8 Å². The second kappa shape index (κ2) is 5.42. The Bertz CT molecular complexity index is 384. The summed E-state index contributed by atoms with van der Waals surface area (Å²) in [5, 5.41) is 9.10. The van der Waals surface area contributed by atoms with Gasteiger partial charge in [-0.3, -0.25) is 0 Å². The minimum atomic E-state index is -0.00751. The zero-order valence-electron chi connectivity index (χ0n) is 10.4. The minimum absolute atomic E-state index is 0.00751. The highest BCUT2D eigenvalue weighted by atomic mass is 16.5. The van der Waals surface area contributed by atoms with Crippen LogP contribution in [-0.4, -0.2) is 40.9 Å². The zero-order valence-corrected chi connectivity index (χ0v) is 10.4. The van der Waals surface area contributed by atoms with Crippen molar-refractivity contribution >= 4 is 5.95 Å². The van der Waals surface area contributed by atoms with Gasteiger partial charge in [0.1, 0.15) is 0 Å². The average molecular weight is 237 g/mol. The van der Waals surface area contributed by atoms with Gasteiger partial charge in [-0.1, -0.05) is 6.92 Å². The average Bonchev–Trinajstić information content (AvgIpc) is 2.38. The predicted octanol–water partition coefficient (Wildman–Crippen LogP) is 0.893. The van der Waals surface area contributed by atoms with E-state index in [1.54, 1.807) is 6.20 Å². The first-order valence-electron chi connectivity index (χ1n) is 6.04. The molecule has 1 atom stereocenters. The molecule has 5 nitrogen and oxygen atoms in total. The molecule has 1 aliphatic heterocycles. The lowest BCUT2D eigenvalue weighted by Gasteiger charge is -2.35. The van der Waals surface area contributed by atoms with Crippen LogP contribution in [0.15, 0.2) is 6.20 Å². The molecule has 1 aliphatic rings. The summed E-state index contributed by atoms with van der Waals surface area (Å²) in [5.41, 5.74) is 1.63. The van der Waals surface area contributed by atoms with Gasteiger partial charge in [-0.25, -0.2) is 9.97 Å². The number of hydrogen-bond donors (Lipinski definition) is 1. The summed E-state index contributed by atoms with van der Waals surface area (Å²) in [7, 11) is 0. The Morgan fingerprint density at radius 2 is 2.41 bits per heavy atom. The SMILES string of the molecule is CCC1COCCN1c1ncc(CO)c(C)n1. The van der Waals surface area contributed by atoms with Crippen LogP contribution >= 0.6 is 0 Å². The van der Waals surface area contributed by atoms with Crippen LogP contribution in [-0.2, 0) is 11.3 Å². The fourth-order valence-corrected chi connectivity index (χ4v) is 2.03. The third-order valence-corrected chi connectivity index (χ3v) is 3.19. The third-order valence-electron chi connectivity index (χ3n) is 3.19. The van der Waals surface area contributed by atoms with Crippen LogP contribution in [0.5, 0.6) is 0 Å². The molecule has 0 bridgehead atoms. The van der Waals surface area contributed by atoms with Crippen LogP contribution in [0.25, 0.3) is 0 Å². The highest BCUT2D eigenvalue weighted by Crippen LogP contribution is 2.18. The molecule has 0 aliphatic carbocycles. The van der Waals surface area contributed by atoms with Gasteiger partial charge in [-0.05, 0) is 13.3 Å². The van der Waals surface area contributed by atoms with E-state index in [1.807, 2.05) is 6.92 Å².